The number of aromatic nitrogens is 1. The molecule has 0 aliphatic rings. The highest BCUT2D eigenvalue weighted by Crippen LogP contribution is 2.37. The Morgan fingerprint density at radius 1 is 0.635 bits per heavy atom. The fourth-order valence-electron chi connectivity index (χ4n) is 5.87. The van der Waals surface area contributed by atoms with E-state index in [0.717, 1.165) is 25.7 Å². The van der Waals surface area contributed by atoms with Gasteiger partial charge in [-0.25, -0.2) is 14.4 Å². The number of ether oxygens (including phenoxy) is 3. The lowest BCUT2D eigenvalue weighted by Gasteiger charge is -2.41. The largest absolute Gasteiger partial charge is 0.459 e. The highest BCUT2D eigenvalue weighted by atomic mass is 16.6. The smallest absolute Gasteiger partial charge is 0.347 e. The van der Waals surface area contributed by atoms with Gasteiger partial charge in [0.25, 0.3) is 0 Å². The fraction of sp³-hybridized carbons (Fsp3) is 0.381. The Morgan fingerprint density at radius 2 is 1.10 bits per heavy atom. The molecule has 0 saturated carbocycles. The van der Waals surface area contributed by atoms with Gasteiger partial charge >= 0.3 is 17.9 Å². The minimum absolute atomic E-state index is 0.283. The lowest BCUT2D eigenvalue weighted by atomic mass is 9.73. The summed E-state index contributed by atoms with van der Waals surface area (Å²) < 4.78 is 16.5. The summed E-state index contributed by atoms with van der Waals surface area (Å²) in [7, 11) is 0. The van der Waals surface area contributed by atoms with E-state index in [-0.39, 0.29) is 19.8 Å². The van der Waals surface area contributed by atoms with Crippen LogP contribution in [0.2, 0.25) is 0 Å². The van der Waals surface area contributed by atoms with Gasteiger partial charge < -0.3 is 30.2 Å². The Hall–Kier alpha value is -4.90. The molecule has 0 radical (unpaired) electrons. The summed E-state index contributed by atoms with van der Waals surface area (Å²) in [5, 5.41) is 24.3. The van der Waals surface area contributed by atoms with Crippen LogP contribution >= 0.6 is 0 Å². The number of rotatable bonds is 21. The van der Waals surface area contributed by atoms with Crippen LogP contribution in [0.5, 0.6) is 0 Å². The number of aryl methyl sites for hydroxylation is 1. The molecule has 4 rings (SSSR count). The van der Waals surface area contributed by atoms with Crippen LogP contribution < -0.4 is 5.73 Å². The standard InChI is InChI=1S/C42H50N2O8/c1-2-3-4-5-6-7-8-18-26-35-27-19-28-36(44-35)42(49,40(48)52-31-34-24-16-11-17-25-34)41(43,39(47)51-30-33-22-14-10-15-23-33)37(45)38(46)50-29-32-20-12-9-13-21-32/h9-17,19-25,27-28,37,45,49H,2-8,18,26,29-31,43H2,1H3. The van der Waals surface area contributed by atoms with E-state index in [9.17, 15) is 24.6 Å². The molecule has 0 spiro atoms. The van der Waals surface area contributed by atoms with Crippen LogP contribution in [-0.2, 0) is 60.4 Å². The molecule has 10 heteroatoms. The number of aliphatic hydroxyl groups is 2. The second-order valence-corrected chi connectivity index (χ2v) is 12.9. The molecule has 4 aromatic rings. The van der Waals surface area contributed by atoms with Gasteiger partial charge in [0, 0.05) is 5.69 Å². The third kappa shape index (κ3) is 10.6. The SMILES string of the molecule is CCCCCCCCCCc1cccc(C(O)(C(=O)OCc2ccccc2)C(N)(C(=O)OCc2ccccc2)C(O)C(=O)OCc2ccccc2)n1. The van der Waals surface area contributed by atoms with Gasteiger partial charge in [0.15, 0.2) is 11.6 Å². The molecule has 4 N–H and O–H groups in total. The van der Waals surface area contributed by atoms with Crippen LogP contribution in [-0.4, -0.2) is 44.7 Å². The molecule has 3 atom stereocenters. The summed E-state index contributed by atoms with van der Waals surface area (Å²) in [5.74, 6) is -4.23. The number of benzene rings is 3. The van der Waals surface area contributed by atoms with Gasteiger partial charge in [0.2, 0.25) is 5.60 Å². The molecule has 3 aromatic carbocycles. The van der Waals surface area contributed by atoms with Crippen molar-refractivity contribution in [1.29, 1.82) is 0 Å². The maximum atomic E-state index is 14.2. The van der Waals surface area contributed by atoms with Crippen LogP contribution in [0.4, 0.5) is 0 Å². The predicted octanol–water partition coefficient (Wildman–Crippen LogP) is 6.24. The number of pyridine rings is 1. The third-order valence-corrected chi connectivity index (χ3v) is 9.00. The van der Waals surface area contributed by atoms with E-state index in [0.29, 0.717) is 28.8 Å². The molecule has 0 aliphatic heterocycles. The Bertz CT molecular complexity index is 1690. The Labute approximate surface area is 306 Å². The quantitative estimate of drug-likeness (QED) is 0.0514. The number of aliphatic hydroxyl groups excluding tert-OH is 1. The molecular weight excluding hydrogens is 660 g/mol. The minimum atomic E-state index is -3.23. The zero-order chi connectivity index (χ0) is 37.2. The van der Waals surface area contributed by atoms with Gasteiger partial charge in [0.1, 0.15) is 19.8 Å². The lowest BCUT2D eigenvalue weighted by molar-refractivity contribution is -0.203. The van der Waals surface area contributed by atoms with E-state index in [4.69, 9.17) is 19.9 Å². The number of nitrogens with two attached hydrogens (primary N) is 1. The van der Waals surface area contributed by atoms with E-state index >= 15 is 0 Å². The number of unbranched alkanes of at least 4 members (excludes halogenated alkanes) is 7. The van der Waals surface area contributed by atoms with Crippen LogP contribution in [0.25, 0.3) is 0 Å². The van der Waals surface area contributed by atoms with E-state index in [1.165, 1.54) is 31.7 Å². The van der Waals surface area contributed by atoms with Crippen molar-refractivity contribution >= 4 is 17.9 Å². The summed E-state index contributed by atoms with van der Waals surface area (Å²) in [5.41, 5.74) is 2.15. The number of esters is 3. The Morgan fingerprint density at radius 3 is 1.62 bits per heavy atom. The summed E-state index contributed by atoms with van der Waals surface area (Å²) in [4.78, 5) is 46.5. The van der Waals surface area contributed by atoms with Crippen LogP contribution in [0.1, 0.15) is 86.4 Å². The first-order valence-electron chi connectivity index (χ1n) is 18.0. The van der Waals surface area contributed by atoms with Crippen molar-refractivity contribution in [3.63, 3.8) is 0 Å². The second-order valence-electron chi connectivity index (χ2n) is 12.9. The highest BCUT2D eigenvalue weighted by molar-refractivity contribution is 5.99. The second kappa shape index (κ2) is 20.2. The van der Waals surface area contributed by atoms with Crippen molar-refractivity contribution in [2.24, 2.45) is 5.73 Å². The molecule has 276 valence electrons. The minimum Gasteiger partial charge on any atom is -0.459 e. The predicted molar refractivity (Wildman–Crippen MR) is 196 cm³/mol. The lowest BCUT2D eigenvalue weighted by Crippen LogP contribution is -2.75. The molecule has 0 bridgehead atoms. The molecule has 1 aromatic heterocycles. The Kier molecular flexibility index (Phi) is 15.5. The van der Waals surface area contributed by atoms with Gasteiger partial charge in [-0.3, -0.25) is 4.98 Å². The third-order valence-electron chi connectivity index (χ3n) is 9.00. The molecule has 0 saturated heterocycles. The van der Waals surface area contributed by atoms with Crippen molar-refractivity contribution in [3.8, 4) is 0 Å². The number of carbonyl (C=O) groups is 3. The molecule has 0 amide bonds. The van der Waals surface area contributed by atoms with Crippen LogP contribution in [0, 0.1) is 0 Å². The summed E-state index contributed by atoms with van der Waals surface area (Å²) in [6.45, 7) is 1.25. The maximum Gasteiger partial charge on any atom is 0.347 e. The monoisotopic (exact) mass is 710 g/mol. The van der Waals surface area contributed by atoms with Gasteiger partial charge in [-0.15, -0.1) is 0 Å². The van der Waals surface area contributed by atoms with Crippen molar-refractivity contribution < 1.29 is 38.8 Å². The zero-order valence-corrected chi connectivity index (χ0v) is 29.8. The molecule has 52 heavy (non-hydrogen) atoms. The first kappa shape index (κ1) is 39.9. The van der Waals surface area contributed by atoms with E-state index in [1.54, 1.807) is 103 Å². The number of carbonyl (C=O) groups excluding carboxylic acids is 3. The van der Waals surface area contributed by atoms with E-state index in [1.807, 2.05) is 0 Å². The van der Waals surface area contributed by atoms with Crippen molar-refractivity contribution in [1.82, 2.24) is 4.98 Å². The zero-order valence-electron chi connectivity index (χ0n) is 29.8. The van der Waals surface area contributed by atoms with Gasteiger partial charge in [-0.2, -0.15) is 0 Å². The van der Waals surface area contributed by atoms with Crippen molar-refractivity contribution in [3.05, 3.63) is 137 Å². The molecule has 1 heterocycles. The number of hydrogen-bond donors (Lipinski definition) is 3. The molecular formula is C42H50N2O8. The van der Waals surface area contributed by atoms with E-state index < -0.39 is 40.8 Å². The van der Waals surface area contributed by atoms with Crippen LogP contribution in [0.3, 0.4) is 0 Å². The van der Waals surface area contributed by atoms with Gasteiger partial charge in [-0.1, -0.05) is 149 Å². The fourth-order valence-corrected chi connectivity index (χ4v) is 5.87. The molecule has 0 fully saturated rings. The van der Waals surface area contributed by atoms with Gasteiger partial charge in [-0.05, 0) is 41.7 Å². The summed E-state index contributed by atoms with van der Waals surface area (Å²) in [6.07, 6.45) is 6.69. The molecule has 10 nitrogen and oxygen atoms in total. The average Bonchev–Trinajstić information content (AvgIpc) is 3.19. The Balaban J connectivity index is 1.69. The van der Waals surface area contributed by atoms with Crippen LogP contribution in [0.15, 0.2) is 109 Å². The normalized spacial score (nSPS) is 14.0. The van der Waals surface area contributed by atoms with Gasteiger partial charge in [0.05, 0.1) is 5.69 Å². The van der Waals surface area contributed by atoms with E-state index in [2.05, 4.69) is 11.9 Å². The maximum absolute atomic E-state index is 14.2. The highest BCUT2D eigenvalue weighted by Gasteiger charge is 2.68. The number of nitrogens with zero attached hydrogens (tertiary/aromatic N) is 1. The van der Waals surface area contributed by atoms with Crippen molar-refractivity contribution in [2.75, 3.05) is 0 Å². The first-order valence-corrected chi connectivity index (χ1v) is 18.0. The average molecular weight is 711 g/mol. The topological polar surface area (TPSA) is 158 Å². The van der Waals surface area contributed by atoms with Crippen molar-refractivity contribution in [2.45, 2.75) is 102 Å². The summed E-state index contributed by atoms with van der Waals surface area (Å²) in [6, 6.07) is 30.5. The number of hydrogen-bond acceptors (Lipinski definition) is 10. The molecule has 0 aliphatic carbocycles. The first-order chi connectivity index (χ1) is 25.2. The summed E-state index contributed by atoms with van der Waals surface area (Å²) >= 11 is 0. The molecule has 3 unspecified atom stereocenters.